The molecular formula is C23H26N2O5S. The summed E-state index contributed by atoms with van der Waals surface area (Å²) in [6.45, 7) is 1.93. The number of nitrogens with one attached hydrogen (secondary N) is 1. The summed E-state index contributed by atoms with van der Waals surface area (Å²) in [4.78, 5) is 26.8. The molecule has 2 atom stereocenters. The molecule has 0 unspecified atom stereocenters. The minimum absolute atomic E-state index is 0.0366. The zero-order valence-corrected chi connectivity index (χ0v) is 18.4. The van der Waals surface area contributed by atoms with Crippen LogP contribution in [0.4, 0.5) is 5.69 Å². The number of carbonyl (C=O) groups excluding carboxylic acids is 2. The molecular weight excluding hydrogens is 416 g/mol. The van der Waals surface area contributed by atoms with Crippen molar-refractivity contribution in [1.29, 1.82) is 0 Å². The first-order valence-electron chi connectivity index (χ1n) is 10.4. The number of nitrogens with zero attached hydrogens (tertiary/aromatic N) is 1. The molecule has 7 nitrogen and oxygen atoms in total. The average Bonchev–Trinajstić information content (AvgIpc) is 2.98. The molecule has 8 heteroatoms. The summed E-state index contributed by atoms with van der Waals surface area (Å²) >= 11 is 0. The maximum Gasteiger partial charge on any atom is 0.265 e. The first kappa shape index (κ1) is 21.4. The van der Waals surface area contributed by atoms with E-state index in [1.54, 1.807) is 30.3 Å². The molecule has 1 aliphatic carbocycles. The van der Waals surface area contributed by atoms with Crippen LogP contribution in [0.1, 0.15) is 36.8 Å². The van der Waals surface area contributed by atoms with Gasteiger partial charge in [-0.1, -0.05) is 31.0 Å². The van der Waals surface area contributed by atoms with E-state index < -0.39 is 10.0 Å². The van der Waals surface area contributed by atoms with Gasteiger partial charge in [0.2, 0.25) is 11.8 Å². The SMILES string of the molecule is COc1ccc(CN2C(=O)[C@H]3CCCC[C@H]3C2=O)cc1S(=O)(=O)Nc1cccc(C)c1. The molecule has 0 aromatic heterocycles. The van der Waals surface area contributed by atoms with Crippen molar-refractivity contribution >= 4 is 27.5 Å². The van der Waals surface area contributed by atoms with Gasteiger partial charge in [-0.15, -0.1) is 0 Å². The van der Waals surface area contributed by atoms with Crippen LogP contribution < -0.4 is 9.46 Å². The molecule has 2 aromatic carbocycles. The van der Waals surface area contributed by atoms with Crippen molar-refractivity contribution in [2.45, 2.75) is 44.0 Å². The van der Waals surface area contributed by atoms with Crippen LogP contribution in [0.15, 0.2) is 47.4 Å². The lowest BCUT2D eigenvalue weighted by Crippen LogP contribution is -2.30. The third kappa shape index (κ3) is 4.17. The van der Waals surface area contributed by atoms with E-state index in [4.69, 9.17) is 4.74 Å². The summed E-state index contributed by atoms with van der Waals surface area (Å²) in [5.74, 6) is -0.561. The van der Waals surface area contributed by atoms with Crippen LogP contribution in [0.3, 0.4) is 0 Å². The van der Waals surface area contributed by atoms with Gasteiger partial charge < -0.3 is 4.74 Å². The highest BCUT2D eigenvalue weighted by Gasteiger charge is 2.47. The molecule has 1 heterocycles. The van der Waals surface area contributed by atoms with Crippen LogP contribution in [0.5, 0.6) is 5.75 Å². The quantitative estimate of drug-likeness (QED) is 0.692. The highest BCUT2D eigenvalue weighted by molar-refractivity contribution is 7.92. The number of hydrogen-bond acceptors (Lipinski definition) is 5. The van der Waals surface area contributed by atoms with Crippen LogP contribution in [0.25, 0.3) is 0 Å². The largest absolute Gasteiger partial charge is 0.495 e. The lowest BCUT2D eigenvalue weighted by atomic mass is 9.81. The highest BCUT2D eigenvalue weighted by atomic mass is 32.2. The monoisotopic (exact) mass is 442 g/mol. The average molecular weight is 443 g/mol. The molecule has 0 bridgehead atoms. The number of amides is 2. The number of likely N-dealkylation sites (tertiary alicyclic amines) is 1. The molecule has 0 radical (unpaired) electrons. The molecule has 2 fully saturated rings. The summed E-state index contributed by atoms with van der Waals surface area (Å²) in [6, 6.07) is 11.8. The van der Waals surface area contributed by atoms with E-state index >= 15 is 0 Å². The van der Waals surface area contributed by atoms with Crippen molar-refractivity contribution in [2.24, 2.45) is 11.8 Å². The fourth-order valence-electron chi connectivity index (χ4n) is 4.52. The standard InChI is InChI=1S/C23H26N2O5S/c1-15-6-5-7-17(12-15)24-31(28,29)21-13-16(10-11-20(21)30-2)14-25-22(26)18-8-3-4-9-19(18)23(25)27/h5-7,10-13,18-19,24H,3-4,8-9,14H2,1-2H3/t18-,19+. The summed E-state index contributed by atoms with van der Waals surface area (Å²) in [6.07, 6.45) is 3.41. The van der Waals surface area contributed by atoms with Crippen LogP contribution >= 0.6 is 0 Å². The van der Waals surface area contributed by atoms with E-state index in [0.717, 1.165) is 31.2 Å². The van der Waals surface area contributed by atoms with Gasteiger partial charge in [0.1, 0.15) is 10.6 Å². The molecule has 0 spiro atoms. The van der Waals surface area contributed by atoms with Gasteiger partial charge in [-0.3, -0.25) is 19.2 Å². The number of sulfonamides is 1. The number of ether oxygens (including phenoxy) is 1. The Morgan fingerprint density at radius 1 is 1.03 bits per heavy atom. The molecule has 1 saturated heterocycles. The minimum Gasteiger partial charge on any atom is -0.495 e. The lowest BCUT2D eigenvalue weighted by Gasteiger charge is -2.19. The Morgan fingerprint density at radius 3 is 2.32 bits per heavy atom. The summed E-state index contributed by atoms with van der Waals surface area (Å²) in [5, 5.41) is 0. The highest BCUT2D eigenvalue weighted by Crippen LogP contribution is 2.39. The van der Waals surface area contributed by atoms with Crippen LogP contribution in [-0.4, -0.2) is 32.2 Å². The van der Waals surface area contributed by atoms with Crippen molar-refractivity contribution in [2.75, 3.05) is 11.8 Å². The number of aryl methyl sites for hydroxylation is 1. The second kappa shape index (κ2) is 8.34. The molecule has 2 amide bonds. The number of rotatable bonds is 6. The third-order valence-electron chi connectivity index (χ3n) is 6.06. The van der Waals surface area contributed by atoms with Crippen molar-refractivity contribution in [3.63, 3.8) is 0 Å². The molecule has 1 N–H and O–H groups in total. The normalized spacial score (nSPS) is 21.2. The summed E-state index contributed by atoms with van der Waals surface area (Å²) in [7, 11) is -2.54. The maximum absolute atomic E-state index is 13.1. The predicted molar refractivity (Wildman–Crippen MR) is 116 cm³/mol. The first-order valence-corrected chi connectivity index (χ1v) is 11.9. The number of anilines is 1. The number of methoxy groups -OCH3 is 1. The second-order valence-electron chi connectivity index (χ2n) is 8.22. The van der Waals surface area contributed by atoms with E-state index in [2.05, 4.69) is 4.72 Å². The van der Waals surface area contributed by atoms with Crippen molar-refractivity contribution < 1.29 is 22.7 Å². The van der Waals surface area contributed by atoms with Crippen molar-refractivity contribution in [1.82, 2.24) is 4.90 Å². The molecule has 4 rings (SSSR count). The Bertz CT molecular complexity index is 1100. The Morgan fingerprint density at radius 2 is 1.71 bits per heavy atom. The van der Waals surface area contributed by atoms with Crippen molar-refractivity contribution in [3.8, 4) is 5.75 Å². The first-order chi connectivity index (χ1) is 14.8. The van der Waals surface area contributed by atoms with Gasteiger partial charge in [-0.25, -0.2) is 8.42 Å². The zero-order chi connectivity index (χ0) is 22.2. The third-order valence-corrected chi connectivity index (χ3v) is 7.46. The van der Waals surface area contributed by atoms with E-state index in [9.17, 15) is 18.0 Å². The Kier molecular flexibility index (Phi) is 5.75. The lowest BCUT2D eigenvalue weighted by molar-refractivity contribution is -0.140. The van der Waals surface area contributed by atoms with Gasteiger partial charge in [-0.05, 0) is 55.2 Å². The second-order valence-corrected chi connectivity index (χ2v) is 9.87. The number of benzene rings is 2. The Balaban J connectivity index is 1.62. The number of carbonyl (C=O) groups is 2. The number of fused-ring (bicyclic) bond motifs is 1. The molecule has 2 aliphatic rings. The smallest absolute Gasteiger partial charge is 0.265 e. The Labute approximate surface area is 182 Å². The van der Waals surface area contributed by atoms with E-state index in [1.807, 2.05) is 13.0 Å². The molecule has 2 aromatic rings. The van der Waals surface area contributed by atoms with Gasteiger partial charge in [0.25, 0.3) is 10.0 Å². The Hall–Kier alpha value is -2.87. The van der Waals surface area contributed by atoms with Gasteiger partial charge in [-0.2, -0.15) is 0 Å². The zero-order valence-electron chi connectivity index (χ0n) is 17.6. The van der Waals surface area contributed by atoms with Crippen LogP contribution in [-0.2, 0) is 26.2 Å². The van der Waals surface area contributed by atoms with Gasteiger partial charge in [0.15, 0.2) is 0 Å². The number of hydrogen-bond donors (Lipinski definition) is 1. The van der Waals surface area contributed by atoms with Gasteiger partial charge >= 0.3 is 0 Å². The van der Waals surface area contributed by atoms with Crippen LogP contribution in [0.2, 0.25) is 0 Å². The summed E-state index contributed by atoms with van der Waals surface area (Å²) < 4.78 is 34.0. The van der Waals surface area contributed by atoms with Crippen molar-refractivity contribution in [3.05, 3.63) is 53.6 Å². The molecule has 1 aliphatic heterocycles. The van der Waals surface area contributed by atoms with Gasteiger partial charge in [0, 0.05) is 5.69 Å². The van der Waals surface area contributed by atoms with E-state index in [0.29, 0.717) is 11.3 Å². The molecule has 31 heavy (non-hydrogen) atoms. The van der Waals surface area contributed by atoms with E-state index in [1.165, 1.54) is 18.1 Å². The predicted octanol–water partition coefficient (Wildman–Crippen LogP) is 3.48. The number of imide groups is 1. The minimum atomic E-state index is -3.94. The summed E-state index contributed by atoms with van der Waals surface area (Å²) in [5.41, 5.74) is 1.93. The van der Waals surface area contributed by atoms with Gasteiger partial charge in [0.05, 0.1) is 25.5 Å². The maximum atomic E-state index is 13.1. The molecule has 164 valence electrons. The fourth-order valence-corrected chi connectivity index (χ4v) is 5.79. The van der Waals surface area contributed by atoms with E-state index in [-0.39, 0.29) is 40.8 Å². The molecule has 1 saturated carbocycles. The fraction of sp³-hybridized carbons (Fsp3) is 0.391. The van der Waals surface area contributed by atoms with Crippen LogP contribution in [0, 0.1) is 18.8 Å². The topological polar surface area (TPSA) is 92.8 Å².